The predicted octanol–water partition coefficient (Wildman–Crippen LogP) is 3.36. The molecule has 1 aromatic heterocycles. The van der Waals surface area contributed by atoms with Gasteiger partial charge in [-0.15, -0.1) is 0 Å². The Bertz CT molecular complexity index is 669. The van der Waals surface area contributed by atoms with Crippen LogP contribution in [0.3, 0.4) is 0 Å². The Kier molecular flexibility index (Phi) is 4.03. The minimum absolute atomic E-state index is 0.264. The summed E-state index contributed by atoms with van der Waals surface area (Å²) in [5, 5.41) is 4.16. The Balaban J connectivity index is 2.15. The van der Waals surface area contributed by atoms with Gasteiger partial charge < -0.3 is 4.42 Å². The average Bonchev–Trinajstić information content (AvgIpc) is 2.82. The Morgan fingerprint density at radius 1 is 1.15 bits per heavy atom. The maximum Gasteiger partial charge on any atom is 0.274 e. The van der Waals surface area contributed by atoms with E-state index in [0.29, 0.717) is 11.3 Å². The first-order valence-electron chi connectivity index (χ1n) is 6.45. The molecule has 20 heavy (non-hydrogen) atoms. The molecule has 0 fully saturated rings. The normalized spacial score (nSPS) is 11.5. The van der Waals surface area contributed by atoms with Crippen LogP contribution in [-0.4, -0.2) is 11.6 Å². The summed E-state index contributed by atoms with van der Waals surface area (Å²) in [7, 11) is 0. The lowest BCUT2D eigenvalue weighted by atomic mass is 10.0. The molecule has 4 heteroatoms. The molecule has 0 aliphatic rings. The van der Waals surface area contributed by atoms with Gasteiger partial charge in [-0.25, -0.2) is 5.43 Å². The van der Waals surface area contributed by atoms with Crippen LogP contribution < -0.4 is 5.43 Å². The third-order valence-corrected chi connectivity index (χ3v) is 3.20. The Labute approximate surface area is 118 Å². The van der Waals surface area contributed by atoms with Gasteiger partial charge in [-0.1, -0.05) is 23.8 Å². The van der Waals surface area contributed by atoms with E-state index in [1.165, 1.54) is 11.8 Å². The number of nitrogens with zero attached hydrogens (tertiary/aromatic N) is 1. The van der Waals surface area contributed by atoms with E-state index >= 15 is 0 Å². The monoisotopic (exact) mass is 270 g/mol. The summed E-state index contributed by atoms with van der Waals surface area (Å²) in [6.07, 6.45) is 1.49. The van der Waals surface area contributed by atoms with Crippen molar-refractivity contribution >= 4 is 11.6 Å². The van der Waals surface area contributed by atoms with E-state index in [0.717, 1.165) is 16.8 Å². The van der Waals surface area contributed by atoms with Crippen molar-refractivity contribution in [1.82, 2.24) is 5.43 Å². The van der Waals surface area contributed by atoms with Crippen molar-refractivity contribution in [3.63, 3.8) is 0 Å². The van der Waals surface area contributed by atoms with E-state index in [4.69, 9.17) is 4.42 Å². The van der Waals surface area contributed by atoms with Crippen molar-refractivity contribution in [2.45, 2.75) is 27.7 Å². The minimum Gasteiger partial charge on any atom is -0.469 e. The van der Waals surface area contributed by atoms with E-state index in [-0.39, 0.29) is 5.91 Å². The smallest absolute Gasteiger partial charge is 0.274 e. The highest BCUT2D eigenvalue weighted by molar-refractivity contribution is 6.02. The lowest BCUT2D eigenvalue weighted by Gasteiger charge is -2.07. The van der Waals surface area contributed by atoms with E-state index in [2.05, 4.69) is 16.6 Å². The minimum atomic E-state index is -0.264. The average molecular weight is 270 g/mol. The topological polar surface area (TPSA) is 54.6 Å². The maximum absolute atomic E-state index is 11.9. The third kappa shape index (κ3) is 2.96. The first kappa shape index (κ1) is 14.1. The molecule has 0 radical (unpaired) electrons. The van der Waals surface area contributed by atoms with Gasteiger partial charge >= 0.3 is 0 Å². The van der Waals surface area contributed by atoms with Gasteiger partial charge in [-0.3, -0.25) is 4.79 Å². The highest BCUT2D eigenvalue weighted by Crippen LogP contribution is 2.12. The standard InChI is InChI=1S/C16H18N2O2/c1-10-5-6-14(11(2)9-10)12(3)17-18-16(19)15-7-8-20-13(15)4/h5-9H,1-4H3,(H,18,19)/b17-12+. The van der Waals surface area contributed by atoms with Crippen LogP contribution in [0.1, 0.15) is 39.7 Å². The second-order valence-electron chi connectivity index (χ2n) is 4.85. The number of amides is 1. The number of carbonyl (C=O) groups excluding carboxylic acids is 1. The summed E-state index contributed by atoms with van der Waals surface area (Å²) in [5.74, 6) is 0.322. The number of furan rings is 1. The second-order valence-corrected chi connectivity index (χ2v) is 4.85. The second kappa shape index (κ2) is 5.74. The molecule has 0 aliphatic carbocycles. The fraction of sp³-hybridized carbons (Fsp3) is 0.250. The number of hydrazone groups is 1. The van der Waals surface area contributed by atoms with Crippen LogP contribution in [0.25, 0.3) is 0 Å². The van der Waals surface area contributed by atoms with Gasteiger partial charge in [0.25, 0.3) is 5.91 Å². The van der Waals surface area contributed by atoms with E-state index in [9.17, 15) is 4.79 Å². The van der Waals surface area contributed by atoms with Crippen LogP contribution in [0, 0.1) is 20.8 Å². The highest BCUT2D eigenvalue weighted by Gasteiger charge is 2.10. The molecule has 1 heterocycles. The highest BCUT2D eigenvalue weighted by atomic mass is 16.3. The molecule has 0 aliphatic heterocycles. The molecule has 1 N–H and O–H groups in total. The molecular formula is C16H18N2O2. The molecule has 2 aromatic rings. The zero-order chi connectivity index (χ0) is 14.7. The van der Waals surface area contributed by atoms with Gasteiger partial charge in [0.2, 0.25) is 0 Å². The van der Waals surface area contributed by atoms with Crippen molar-refractivity contribution in [3.8, 4) is 0 Å². The van der Waals surface area contributed by atoms with Crippen molar-refractivity contribution in [3.05, 3.63) is 58.5 Å². The molecule has 0 saturated heterocycles. The molecule has 0 saturated carbocycles. The molecule has 2 rings (SSSR count). The molecule has 4 nitrogen and oxygen atoms in total. The number of nitrogens with one attached hydrogen (secondary N) is 1. The molecule has 0 spiro atoms. The fourth-order valence-electron chi connectivity index (χ4n) is 2.10. The Morgan fingerprint density at radius 2 is 1.90 bits per heavy atom. The van der Waals surface area contributed by atoms with E-state index in [1.54, 1.807) is 13.0 Å². The van der Waals surface area contributed by atoms with Gasteiger partial charge in [0.15, 0.2) is 0 Å². The van der Waals surface area contributed by atoms with Crippen molar-refractivity contribution in [2.24, 2.45) is 5.10 Å². The van der Waals surface area contributed by atoms with Crippen molar-refractivity contribution < 1.29 is 9.21 Å². The van der Waals surface area contributed by atoms with Gasteiger partial charge in [0, 0.05) is 5.56 Å². The predicted molar refractivity (Wildman–Crippen MR) is 79.0 cm³/mol. The summed E-state index contributed by atoms with van der Waals surface area (Å²) in [6.45, 7) is 7.70. The van der Waals surface area contributed by atoms with Crippen LogP contribution in [0.2, 0.25) is 0 Å². The Hall–Kier alpha value is -2.36. The van der Waals surface area contributed by atoms with Crippen LogP contribution in [0.15, 0.2) is 40.0 Å². The summed E-state index contributed by atoms with van der Waals surface area (Å²) < 4.78 is 5.10. The number of rotatable bonds is 3. The molecule has 1 amide bonds. The fourth-order valence-corrected chi connectivity index (χ4v) is 2.10. The summed E-state index contributed by atoms with van der Waals surface area (Å²) >= 11 is 0. The number of benzene rings is 1. The quantitative estimate of drug-likeness (QED) is 0.686. The Morgan fingerprint density at radius 3 is 2.50 bits per heavy atom. The van der Waals surface area contributed by atoms with E-state index in [1.807, 2.05) is 32.9 Å². The van der Waals surface area contributed by atoms with Gasteiger partial charge in [0.1, 0.15) is 5.76 Å². The van der Waals surface area contributed by atoms with Crippen LogP contribution in [0.4, 0.5) is 0 Å². The number of carbonyl (C=O) groups is 1. The molecule has 0 bridgehead atoms. The molecular weight excluding hydrogens is 252 g/mol. The van der Waals surface area contributed by atoms with Crippen LogP contribution >= 0.6 is 0 Å². The molecule has 0 atom stereocenters. The molecule has 0 unspecified atom stereocenters. The summed E-state index contributed by atoms with van der Waals surface area (Å²) in [5.41, 5.74) is 7.20. The number of aryl methyl sites for hydroxylation is 3. The zero-order valence-electron chi connectivity index (χ0n) is 12.2. The van der Waals surface area contributed by atoms with E-state index < -0.39 is 0 Å². The van der Waals surface area contributed by atoms with Gasteiger partial charge in [-0.05, 0) is 39.3 Å². The first-order chi connectivity index (χ1) is 9.49. The first-order valence-corrected chi connectivity index (χ1v) is 6.45. The zero-order valence-corrected chi connectivity index (χ0v) is 12.2. The lowest BCUT2D eigenvalue weighted by molar-refractivity contribution is 0.0953. The largest absolute Gasteiger partial charge is 0.469 e. The van der Waals surface area contributed by atoms with Crippen molar-refractivity contribution in [1.29, 1.82) is 0 Å². The van der Waals surface area contributed by atoms with Gasteiger partial charge in [-0.2, -0.15) is 5.10 Å². The summed E-state index contributed by atoms with van der Waals surface area (Å²) in [4.78, 5) is 11.9. The van der Waals surface area contributed by atoms with Crippen LogP contribution in [-0.2, 0) is 0 Å². The molecule has 104 valence electrons. The molecule has 1 aromatic carbocycles. The third-order valence-electron chi connectivity index (χ3n) is 3.20. The SMILES string of the molecule is C/C(=N\NC(=O)c1ccoc1C)c1ccc(C)cc1C. The lowest BCUT2D eigenvalue weighted by Crippen LogP contribution is -2.19. The summed E-state index contributed by atoms with van der Waals surface area (Å²) in [6, 6.07) is 7.77. The van der Waals surface area contributed by atoms with Crippen LogP contribution in [0.5, 0.6) is 0 Å². The number of hydrogen-bond donors (Lipinski definition) is 1. The maximum atomic E-state index is 11.9. The van der Waals surface area contributed by atoms with Crippen molar-refractivity contribution in [2.75, 3.05) is 0 Å². The number of hydrogen-bond acceptors (Lipinski definition) is 3. The van der Waals surface area contributed by atoms with Gasteiger partial charge in [0.05, 0.1) is 17.5 Å².